The molecule has 0 atom stereocenters. The normalized spacial score (nSPS) is 15.7. The fraction of sp³-hybridized carbons (Fsp3) is 0.406. The first-order valence-electron chi connectivity index (χ1n) is 13.5. The number of aliphatic hydroxyl groups is 2. The molecule has 1 aliphatic heterocycles. The number of piperidine rings is 1. The number of benzene rings is 3. The van der Waals surface area contributed by atoms with Gasteiger partial charge in [0.25, 0.3) is 0 Å². The average Bonchev–Trinajstić information content (AvgIpc) is 2.96. The fourth-order valence-electron chi connectivity index (χ4n) is 5.51. The Balaban J connectivity index is 1.48. The third-order valence-electron chi connectivity index (χ3n) is 7.75. The van der Waals surface area contributed by atoms with Crippen LogP contribution in [0.4, 0.5) is 0 Å². The Hall–Kier alpha value is -3.19. The van der Waals surface area contributed by atoms with Gasteiger partial charge >= 0.3 is 0 Å². The summed E-state index contributed by atoms with van der Waals surface area (Å²) in [5, 5.41) is 20.4. The second-order valence-corrected chi connectivity index (χ2v) is 10.4. The van der Waals surface area contributed by atoms with Crippen molar-refractivity contribution in [2.24, 2.45) is 0 Å². The maximum absolute atomic E-state index is 13.9. The molecule has 0 radical (unpaired) electrons. The van der Waals surface area contributed by atoms with E-state index in [9.17, 15) is 9.90 Å². The molecule has 1 aliphatic rings. The summed E-state index contributed by atoms with van der Waals surface area (Å²) in [5.41, 5.74) is 1.23. The summed E-state index contributed by atoms with van der Waals surface area (Å²) in [6.07, 6.45) is 2.50. The number of likely N-dealkylation sites (tertiary alicyclic amines) is 1. The molecular formula is C32H40N2O4. The molecule has 6 heteroatoms. The summed E-state index contributed by atoms with van der Waals surface area (Å²) < 4.78 is 5.63. The van der Waals surface area contributed by atoms with Crippen LogP contribution in [-0.4, -0.2) is 72.9 Å². The predicted octanol–water partition coefficient (Wildman–Crippen LogP) is 4.20. The second kappa shape index (κ2) is 12.6. The quantitative estimate of drug-likeness (QED) is 0.374. The highest BCUT2D eigenvalue weighted by Gasteiger charge is 2.43. The molecule has 1 amide bonds. The summed E-state index contributed by atoms with van der Waals surface area (Å²) in [6, 6.07) is 27.8. The molecule has 202 valence electrons. The molecule has 0 aliphatic carbocycles. The number of aliphatic hydroxyl groups excluding tert-OH is 1. The van der Waals surface area contributed by atoms with Crippen molar-refractivity contribution in [2.75, 3.05) is 46.9 Å². The summed E-state index contributed by atoms with van der Waals surface area (Å²) in [5.74, 6) is 0.816. The predicted molar refractivity (Wildman–Crippen MR) is 150 cm³/mol. The minimum atomic E-state index is -0.879. The van der Waals surface area contributed by atoms with E-state index < -0.39 is 11.0 Å². The lowest BCUT2D eigenvalue weighted by atomic mass is 9.70. The first-order valence-corrected chi connectivity index (χ1v) is 13.5. The van der Waals surface area contributed by atoms with Crippen molar-refractivity contribution < 1.29 is 19.7 Å². The first-order chi connectivity index (χ1) is 18.4. The van der Waals surface area contributed by atoms with Gasteiger partial charge in [-0.1, -0.05) is 72.8 Å². The van der Waals surface area contributed by atoms with Gasteiger partial charge in [-0.05, 0) is 54.6 Å². The zero-order chi connectivity index (χ0) is 27.0. The van der Waals surface area contributed by atoms with E-state index in [1.807, 2.05) is 74.8 Å². The van der Waals surface area contributed by atoms with Gasteiger partial charge in [0.2, 0.25) is 5.91 Å². The lowest BCUT2D eigenvalue weighted by Crippen LogP contribution is -2.48. The number of rotatable bonds is 11. The first kappa shape index (κ1) is 27.8. The van der Waals surface area contributed by atoms with Gasteiger partial charge in [-0.25, -0.2) is 0 Å². The summed E-state index contributed by atoms with van der Waals surface area (Å²) in [6.45, 7) is 2.83. The van der Waals surface area contributed by atoms with Crippen LogP contribution in [0.3, 0.4) is 0 Å². The molecule has 38 heavy (non-hydrogen) atoms. The fourth-order valence-corrected chi connectivity index (χ4v) is 5.51. The SMILES string of the molecule is CN(C)C(=O)C(CCN1CCC(O)(c2ccc(OCCCO)cc2)CC1)(c1ccccc1)c1ccccc1. The van der Waals surface area contributed by atoms with Crippen molar-refractivity contribution in [2.45, 2.75) is 36.7 Å². The Bertz CT molecular complexity index is 1100. The van der Waals surface area contributed by atoms with E-state index in [1.165, 1.54) is 0 Å². The van der Waals surface area contributed by atoms with Gasteiger partial charge < -0.3 is 24.7 Å². The topological polar surface area (TPSA) is 73.2 Å². The Morgan fingerprint density at radius 3 is 1.97 bits per heavy atom. The number of likely N-dealkylation sites (N-methyl/N-ethyl adjacent to an activating group) is 1. The van der Waals surface area contributed by atoms with Gasteiger partial charge in [-0.2, -0.15) is 0 Å². The van der Waals surface area contributed by atoms with Crippen molar-refractivity contribution in [3.05, 3.63) is 102 Å². The zero-order valence-corrected chi connectivity index (χ0v) is 22.6. The van der Waals surface area contributed by atoms with Crippen LogP contribution in [0, 0.1) is 0 Å². The van der Waals surface area contributed by atoms with E-state index in [0.717, 1.165) is 42.1 Å². The van der Waals surface area contributed by atoms with Crippen molar-refractivity contribution >= 4 is 5.91 Å². The third-order valence-corrected chi connectivity index (χ3v) is 7.75. The van der Waals surface area contributed by atoms with Gasteiger partial charge in [-0.15, -0.1) is 0 Å². The van der Waals surface area contributed by atoms with Crippen LogP contribution in [0.2, 0.25) is 0 Å². The van der Waals surface area contributed by atoms with E-state index in [-0.39, 0.29) is 12.5 Å². The number of hydrogen-bond acceptors (Lipinski definition) is 5. The molecule has 0 aromatic heterocycles. The Kier molecular flexibility index (Phi) is 9.21. The van der Waals surface area contributed by atoms with Crippen molar-refractivity contribution in [1.29, 1.82) is 0 Å². The number of ether oxygens (including phenoxy) is 1. The zero-order valence-electron chi connectivity index (χ0n) is 22.6. The van der Waals surface area contributed by atoms with Gasteiger partial charge in [-0.3, -0.25) is 4.79 Å². The highest BCUT2D eigenvalue weighted by Crippen LogP contribution is 2.39. The summed E-state index contributed by atoms with van der Waals surface area (Å²) in [4.78, 5) is 17.9. The Morgan fingerprint density at radius 2 is 1.47 bits per heavy atom. The van der Waals surface area contributed by atoms with Crippen LogP contribution < -0.4 is 4.74 Å². The minimum Gasteiger partial charge on any atom is -0.494 e. The smallest absolute Gasteiger partial charge is 0.237 e. The highest BCUT2D eigenvalue weighted by atomic mass is 16.5. The number of amides is 1. The molecule has 0 saturated carbocycles. The molecule has 3 aromatic carbocycles. The van der Waals surface area contributed by atoms with E-state index >= 15 is 0 Å². The van der Waals surface area contributed by atoms with Crippen LogP contribution in [0.25, 0.3) is 0 Å². The number of carbonyl (C=O) groups excluding carboxylic acids is 1. The molecule has 2 N–H and O–H groups in total. The maximum Gasteiger partial charge on any atom is 0.237 e. The Labute approximate surface area is 226 Å². The molecule has 6 nitrogen and oxygen atoms in total. The minimum absolute atomic E-state index is 0.0738. The monoisotopic (exact) mass is 516 g/mol. The van der Waals surface area contributed by atoms with E-state index in [0.29, 0.717) is 32.3 Å². The van der Waals surface area contributed by atoms with Crippen molar-refractivity contribution in [3.8, 4) is 5.75 Å². The molecule has 0 bridgehead atoms. The molecular weight excluding hydrogens is 476 g/mol. The van der Waals surface area contributed by atoms with Crippen LogP contribution in [0.5, 0.6) is 5.75 Å². The molecule has 4 rings (SSSR count). The highest BCUT2D eigenvalue weighted by molar-refractivity contribution is 5.91. The van der Waals surface area contributed by atoms with Crippen LogP contribution >= 0.6 is 0 Å². The largest absolute Gasteiger partial charge is 0.494 e. The molecule has 1 fully saturated rings. The molecule has 0 spiro atoms. The Morgan fingerprint density at radius 1 is 0.921 bits per heavy atom. The number of carbonyl (C=O) groups is 1. The van der Waals surface area contributed by atoms with Gasteiger partial charge in [0, 0.05) is 40.2 Å². The molecule has 1 saturated heterocycles. The molecule has 0 unspecified atom stereocenters. The van der Waals surface area contributed by atoms with Crippen LogP contribution in [-0.2, 0) is 15.8 Å². The lowest BCUT2D eigenvalue weighted by molar-refractivity contribution is -0.133. The molecule has 3 aromatic rings. The van der Waals surface area contributed by atoms with Gasteiger partial charge in [0.05, 0.1) is 12.2 Å². The summed E-state index contributed by atoms with van der Waals surface area (Å²) in [7, 11) is 3.65. The summed E-state index contributed by atoms with van der Waals surface area (Å²) >= 11 is 0. The second-order valence-electron chi connectivity index (χ2n) is 10.4. The van der Waals surface area contributed by atoms with Crippen LogP contribution in [0.15, 0.2) is 84.9 Å². The van der Waals surface area contributed by atoms with E-state index in [2.05, 4.69) is 29.2 Å². The number of nitrogens with zero attached hydrogens (tertiary/aromatic N) is 2. The van der Waals surface area contributed by atoms with Crippen molar-refractivity contribution in [1.82, 2.24) is 9.80 Å². The lowest BCUT2D eigenvalue weighted by Gasteiger charge is -2.41. The standard InChI is InChI=1S/C32H40N2O4/c1-33(2)30(36)32(27-10-5-3-6-11-27,28-12-7-4-8-13-28)20-23-34-21-18-31(37,19-22-34)26-14-16-29(17-15-26)38-25-9-24-35/h3-8,10-17,35,37H,9,18-25H2,1-2H3. The molecule has 1 heterocycles. The average molecular weight is 517 g/mol. The van der Waals surface area contributed by atoms with Gasteiger partial charge in [0.1, 0.15) is 11.2 Å². The van der Waals surface area contributed by atoms with E-state index in [1.54, 1.807) is 4.90 Å². The van der Waals surface area contributed by atoms with Crippen LogP contribution in [0.1, 0.15) is 42.4 Å². The van der Waals surface area contributed by atoms with Gasteiger partial charge in [0.15, 0.2) is 0 Å². The maximum atomic E-state index is 13.9. The third kappa shape index (κ3) is 6.09. The number of hydrogen-bond donors (Lipinski definition) is 2. The van der Waals surface area contributed by atoms with E-state index in [4.69, 9.17) is 9.84 Å². The van der Waals surface area contributed by atoms with Crippen molar-refractivity contribution in [3.63, 3.8) is 0 Å².